The first-order chi connectivity index (χ1) is 7.63. The summed E-state index contributed by atoms with van der Waals surface area (Å²) in [6, 6.07) is 4.55. The molecule has 1 aromatic carbocycles. The maximum absolute atomic E-state index is 12.6. The number of hydrogen-bond acceptors (Lipinski definition) is 3. The molecule has 0 amide bonds. The molecule has 0 spiro atoms. The third-order valence-electron chi connectivity index (χ3n) is 2.14. The molecular formula is C11H11F2NO2. The van der Waals surface area contributed by atoms with Gasteiger partial charge >= 0.3 is 0 Å². The van der Waals surface area contributed by atoms with Crippen molar-refractivity contribution >= 4 is 0 Å². The van der Waals surface area contributed by atoms with E-state index in [-0.39, 0.29) is 23.5 Å². The van der Waals surface area contributed by atoms with Crippen molar-refractivity contribution in [2.75, 3.05) is 14.2 Å². The van der Waals surface area contributed by atoms with Gasteiger partial charge in [-0.05, 0) is 12.1 Å². The standard InChI is InChI=1S/C11H11F2NO2/c1-15-9-6-8(11(12)13)10(16-2)5-7(9)3-4-14/h5-6,11H,3H2,1-2H3. The second-order valence-electron chi connectivity index (χ2n) is 3.04. The lowest BCUT2D eigenvalue weighted by Crippen LogP contribution is -1.98. The Bertz CT molecular complexity index is 413. The highest BCUT2D eigenvalue weighted by Crippen LogP contribution is 2.35. The Morgan fingerprint density at radius 2 is 1.88 bits per heavy atom. The second-order valence-corrected chi connectivity index (χ2v) is 3.04. The fourth-order valence-electron chi connectivity index (χ4n) is 1.38. The molecular weight excluding hydrogens is 216 g/mol. The van der Waals surface area contributed by atoms with Crippen LogP contribution in [-0.2, 0) is 6.42 Å². The predicted octanol–water partition coefficient (Wildman–Crippen LogP) is 2.71. The molecule has 0 atom stereocenters. The van der Waals surface area contributed by atoms with Crippen LogP contribution < -0.4 is 9.47 Å². The molecule has 16 heavy (non-hydrogen) atoms. The molecule has 0 aliphatic carbocycles. The van der Waals surface area contributed by atoms with Crippen molar-refractivity contribution in [1.29, 1.82) is 5.26 Å². The van der Waals surface area contributed by atoms with Crippen LogP contribution in [0.1, 0.15) is 17.6 Å². The van der Waals surface area contributed by atoms with E-state index in [1.165, 1.54) is 26.4 Å². The van der Waals surface area contributed by atoms with Gasteiger partial charge in [-0.15, -0.1) is 0 Å². The van der Waals surface area contributed by atoms with E-state index in [1.807, 2.05) is 6.07 Å². The summed E-state index contributed by atoms with van der Waals surface area (Å²) in [4.78, 5) is 0. The maximum Gasteiger partial charge on any atom is 0.267 e. The van der Waals surface area contributed by atoms with Crippen molar-refractivity contribution in [2.45, 2.75) is 12.8 Å². The summed E-state index contributed by atoms with van der Waals surface area (Å²) in [6.45, 7) is 0. The maximum atomic E-state index is 12.6. The summed E-state index contributed by atoms with van der Waals surface area (Å²) in [7, 11) is 2.68. The van der Waals surface area contributed by atoms with E-state index in [0.29, 0.717) is 5.56 Å². The number of nitriles is 1. The largest absolute Gasteiger partial charge is 0.496 e. The van der Waals surface area contributed by atoms with Crippen LogP contribution in [0.5, 0.6) is 11.5 Å². The molecule has 0 saturated heterocycles. The molecule has 1 rings (SSSR count). The highest BCUT2D eigenvalue weighted by atomic mass is 19.3. The van der Waals surface area contributed by atoms with Gasteiger partial charge in [-0.1, -0.05) is 0 Å². The molecule has 0 unspecified atom stereocenters. The number of ether oxygens (including phenoxy) is 2. The lowest BCUT2D eigenvalue weighted by Gasteiger charge is -2.12. The Hall–Kier alpha value is -1.83. The van der Waals surface area contributed by atoms with Crippen LogP contribution >= 0.6 is 0 Å². The van der Waals surface area contributed by atoms with Crippen molar-refractivity contribution in [3.63, 3.8) is 0 Å². The number of rotatable bonds is 4. The highest BCUT2D eigenvalue weighted by molar-refractivity contribution is 5.48. The van der Waals surface area contributed by atoms with Crippen LogP contribution in [0.3, 0.4) is 0 Å². The number of halogens is 2. The van der Waals surface area contributed by atoms with Crippen molar-refractivity contribution < 1.29 is 18.3 Å². The summed E-state index contributed by atoms with van der Waals surface area (Å²) in [5.41, 5.74) is 0.298. The fourth-order valence-corrected chi connectivity index (χ4v) is 1.38. The van der Waals surface area contributed by atoms with Crippen LogP contribution in [0, 0.1) is 11.3 Å². The van der Waals surface area contributed by atoms with E-state index >= 15 is 0 Å². The highest BCUT2D eigenvalue weighted by Gasteiger charge is 2.17. The third kappa shape index (κ3) is 2.40. The minimum atomic E-state index is -2.64. The minimum absolute atomic E-state index is 0.0704. The first-order valence-corrected chi connectivity index (χ1v) is 4.54. The quantitative estimate of drug-likeness (QED) is 0.794. The first-order valence-electron chi connectivity index (χ1n) is 4.54. The Kier molecular flexibility index (Phi) is 4.06. The minimum Gasteiger partial charge on any atom is -0.496 e. The number of hydrogen-bond donors (Lipinski definition) is 0. The fraction of sp³-hybridized carbons (Fsp3) is 0.364. The lowest BCUT2D eigenvalue weighted by molar-refractivity contribution is 0.146. The summed E-state index contributed by atoms with van der Waals surface area (Å²) in [6.07, 6.45) is -2.55. The number of alkyl halides is 2. The molecule has 0 saturated carbocycles. The summed E-state index contributed by atoms with van der Waals surface area (Å²) in [5, 5.41) is 8.59. The SMILES string of the molecule is COc1cc(C(F)F)c(OC)cc1CC#N. The smallest absolute Gasteiger partial charge is 0.267 e. The van der Waals surface area contributed by atoms with Crippen molar-refractivity contribution in [3.05, 3.63) is 23.3 Å². The van der Waals surface area contributed by atoms with Crippen molar-refractivity contribution in [3.8, 4) is 17.6 Å². The number of nitrogens with zero attached hydrogens (tertiary/aromatic N) is 1. The summed E-state index contributed by atoms with van der Waals surface area (Å²) >= 11 is 0. The van der Waals surface area contributed by atoms with E-state index in [0.717, 1.165) is 0 Å². The van der Waals surface area contributed by atoms with Gasteiger partial charge in [0.1, 0.15) is 11.5 Å². The topological polar surface area (TPSA) is 42.2 Å². The Morgan fingerprint density at radius 1 is 1.25 bits per heavy atom. The van der Waals surface area contributed by atoms with Crippen LogP contribution in [-0.4, -0.2) is 14.2 Å². The number of benzene rings is 1. The van der Waals surface area contributed by atoms with Gasteiger partial charge < -0.3 is 9.47 Å². The van der Waals surface area contributed by atoms with E-state index in [2.05, 4.69) is 0 Å². The van der Waals surface area contributed by atoms with Gasteiger partial charge in [0, 0.05) is 5.56 Å². The van der Waals surface area contributed by atoms with Gasteiger partial charge in [0.15, 0.2) is 0 Å². The Labute approximate surface area is 92.2 Å². The zero-order valence-electron chi connectivity index (χ0n) is 8.96. The van der Waals surface area contributed by atoms with Gasteiger partial charge in [-0.3, -0.25) is 0 Å². The van der Waals surface area contributed by atoms with Gasteiger partial charge in [0.25, 0.3) is 6.43 Å². The lowest BCUT2D eigenvalue weighted by atomic mass is 10.1. The molecule has 5 heteroatoms. The summed E-state index contributed by atoms with van der Waals surface area (Å²) < 4.78 is 35.1. The molecule has 0 heterocycles. The molecule has 0 bridgehead atoms. The van der Waals surface area contributed by atoms with E-state index < -0.39 is 6.43 Å². The normalized spacial score (nSPS) is 10.0. The molecule has 0 N–H and O–H groups in total. The molecule has 0 fully saturated rings. The van der Waals surface area contributed by atoms with Crippen LogP contribution in [0.25, 0.3) is 0 Å². The molecule has 0 aromatic heterocycles. The van der Waals surface area contributed by atoms with Crippen molar-refractivity contribution in [1.82, 2.24) is 0 Å². The predicted molar refractivity (Wildman–Crippen MR) is 53.8 cm³/mol. The summed E-state index contributed by atoms with van der Waals surface area (Å²) in [5.74, 6) is 0.346. The van der Waals surface area contributed by atoms with Crippen molar-refractivity contribution in [2.24, 2.45) is 0 Å². The zero-order valence-corrected chi connectivity index (χ0v) is 8.96. The Balaban J connectivity index is 3.29. The monoisotopic (exact) mass is 227 g/mol. The first kappa shape index (κ1) is 12.2. The van der Waals surface area contributed by atoms with E-state index in [1.54, 1.807) is 0 Å². The van der Waals surface area contributed by atoms with Crippen LogP contribution in [0.2, 0.25) is 0 Å². The molecule has 0 aliphatic rings. The van der Waals surface area contributed by atoms with Gasteiger partial charge in [-0.2, -0.15) is 5.26 Å². The second kappa shape index (κ2) is 5.31. The molecule has 0 aliphatic heterocycles. The average molecular weight is 227 g/mol. The third-order valence-corrected chi connectivity index (χ3v) is 2.14. The zero-order chi connectivity index (χ0) is 12.1. The van der Waals surface area contributed by atoms with Gasteiger partial charge in [0.05, 0.1) is 32.3 Å². The Morgan fingerprint density at radius 3 is 2.31 bits per heavy atom. The molecule has 86 valence electrons. The molecule has 3 nitrogen and oxygen atoms in total. The van der Waals surface area contributed by atoms with E-state index in [9.17, 15) is 8.78 Å². The average Bonchev–Trinajstić information content (AvgIpc) is 2.28. The van der Waals surface area contributed by atoms with Gasteiger partial charge in [0.2, 0.25) is 0 Å². The van der Waals surface area contributed by atoms with Gasteiger partial charge in [-0.25, -0.2) is 8.78 Å². The number of methoxy groups -OCH3 is 2. The van der Waals surface area contributed by atoms with E-state index in [4.69, 9.17) is 14.7 Å². The van der Waals surface area contributed by atoms with Crippen LogP contribution in [0.4, 0.5) is 8.78 Å². The molecule has 1 aromatic rings. The van der Waals surface area contributed by atoms with Crippen LogP contribution in [0.15, 0.2) is 12.1 Å². The molecule has 0 radical (unpaired) electrons.